The summed E-state index contributed by atoms with van der Waals surface area (Å²) in [6.07, 6.45) is 14.8. The number of oxime groups is 1. The summed E-state index contributed by atoms with van der Waals surface area (Å²) < 4.78 is 18.5. The second-order valence-electron chi connectivity index (χ2n) is 17.5. The van der Waals surface area contributed by atoms with Gasteiger partial charge in [0.1, 0.15) is 6.61 Å². The molecule has 1 saturated heterocycles. The van der Waals surface area contributed by atoms with Crippen molar-refractivity contribution in [2.45, 2.75) is 138 Å². The molecule has 0 aromatic carbocycles. The van der Waals surface area contributed by atoms with Gasteiger partial charge in [-0.15, -0.1) is 0 Å². The zero-order valence-corrected chi connectivity index (χ0v) is 29.9. The molecule has 6 aliphatic rings. The molecule has 6 rings (SSSR count). The number of nitrogens with zero attached hydrogens (tertiary/aromatic N) is 1. The van der Waals surface area contributed by atoms with E-state index >= 15 is 0 Å². The van der Waals surface area contributed by atoms with Crippen LogP contribution >= 0.6 is 0 Å². The quantitative estimate of drug-likeness (QED) is 0.120. The van der Waals surface area contributed by atoms with Crippen LogP contribution in [-0.4, -0.2) is 43.8 Å². The molecule has 7 heteroatoms. The molecule has 0 amide bonds. The molecule has 0 aromatic heterocycles. The molecule has 5 aliphatic carbocycles. The van der Waals surface area contributed by atoms with Crippen LogP contribution in [0.2, 0.25) is 0 Å². The SMILES string of the molecule is C=C(C)[C@@H]1CC[C@]2(COC3CCCCO3)CC[C@]3(C)[C@H](CC[C@@H]4[C@@]5(C)CCC(=NOC(C)=O)C(C)(COC(C)=O)[C@@H]5CC[C@]43C)[C@@H]12. The molecule has 0 spiro atoms. The highest BCUT2D eigenvalue weighted by Crippen LogP contribution is 2.77. The van der Waals surface area contributed by atoms with Gasteiger partial charge in [-0.1, -0.05) is 45.0 Å². The van der Waals surface area contributed by atoms with Crippen LogP contribution in [0.1, 0.15) is 132 Å². The maximum Gasteiger partial charge on any atom is 0.331 e. The maximum atomic E-state index is 12.1. The summed E-state index contributed by atoms with van der Waals surface area (Å²) in [5.74, 6) is 2.00. The Bertz CT molecular complexity index is 1240. The molecular weight excluding hydrogens is 578 g/mol. The number of hydrogen-bond acceptors (Lipinski definition) is 7. The number of esters is 1. The molecule has 11 atom stereocenters. The van der Waals surface area contributed by atoms with E-state index in [0.29, 0.717) is 29.6 Å². The lowest BCUT2D eigenvalue weighted by Crippen LogP contribution is -2.67. The number of fused-ring (bicyclic) bond motifs is 7. The number of allylic oxidation sites excluding steroid dienone is 1. The molecule has 0 radical (unpaired) electrons. The molecule has 46 heavy (non-hydrogen) atoms. The van der Waals surface area contributed by atoms with Crippen LogP contribution in [0.5, 0.6) is 0 Å². The first-order valence-electron chi connectivity index (χ1n) is 18.5. The lowest BCUT2D eigenvalue weighted by atomic mass is 9.32. The minimum atomic E-state index is -0.468. The van der Waals surface area contributed by atoms with Crippen molar-refractivity contribution >= 4 is 17.7 Å². The van der Waals surface area contributed by atoms with E-state index in [1.54, 1.807) is 0 Å². The van der Waals surface area contributed by atoms with E-state index in [1.807, 2.05) is 0 Å². The van der Waals surface area contributed by atoms with Gasteiger partial charge in [0.05, 0.1) is 12.3 Å². The van der Waals surface area contributed by atoms with E-state index in [-0.39, 0.29) is 40.5 Å². The minimum absolute atomic E-state index is 0.0358. The van der Waals surface area contributed by atoms with Gasteiger partial charge in [0, 0.05) is 25.9 Å². The van der Waals surface area contributed by atoms with Crippen molar-refractivity contribution in [3.8, 4) is 0 Å². The lowest BCUT2D eigenvalue weighted by Gasteiger charge is -2.72. The number of carbonyl (C=O) groups is 2. The molecule has 2 unspecified atom stereocenters. The molecular formula is C39H61NO6. The van der Waals surface area contributed by atoms with Crippen molar-refractivity contribution in [2.75, 3.05) is 19.8 Å². The molecule has 1 aliphatic heterocycles. The average Bonchev–Trinajstić information content (AvgIpc) is 3.40. The Balaban J connectivity index is 1.31. The summed E-state index contributed by atoms with van der Waals surface area (Å²) in [7, 11) is 0. The summed E-state index contributed by atoms with van der Waals surface area (Å²) in [5.41, 5.74) is 2.49. The Morgan fingerprint density at radius 2 is 1.63 bits per heavy atom. The highest BCUT2D eigenvalue weighted by molar-refractivity contribution is 5.91. The zero-order chi connectivity index (χ0) is 33.1. The third kappa shape index (κ3) is 5.33. The third-order valence-corrected chi connectivity index (χ3v) is 15.4. The Kier molecular flexibility index (Phi) is 9.13. The monoisotopic (exact) mass is 639 g/mol. The van der Waals surface area contributed by atoms with Gasteiger partial charge in [0.2, 0.25) is 0 Å². The summed E-state index contributed by atoms with van der Waals surface area (Å²) in [6, 6.07) is 0. The van der Waals surface area contributed by atoms with Gasteiger partial charge >= 0.3 is 11.9 Å². The van der Waals surface area contributed by atoms with Crippen molar-refractivity contribution in [3.63, 3.8) is 0 Å². The fraction of sp³-hybridized carbons (Fsp3) is 0.872. The molecule has 7 nitrogen and oxygen atoms in total. The molecule has 0 aromatic rings. The van der Waals surface area contributed by atoms with Crippen LogP contribution in [-0.2, 0) is 28.6 Å². The second-order valence-corrected chi connectivity index (χ2v) is 17.5. The third-order valence-electron chi connectivity index (χ3n) is 15.4. The van der Waals surface area contributed by atoms with E-state index in [1.165, 1.54) is 64.4 Å². The van der Waals surface area contributed by atoms with Crippen molar-refractivity contribution in [2.24, 2.45) is 61.8 Å². The highest BCUT2D eigenvalue weighted by Gasteiger charge is 2.71. The van der Waals surface area contributed by atoms with Crippen LogP contribution < -0.4 is 0 Å². The minimum Gasteiger partial charge on any atom is -0.465 e. The van der Waals surface area contributed by atoms with Gasteiger partial charge in [-0.2, -0.15) is 0 Å². The first-order valence-corrected chi connectivity index (χ1v) is 18.5. The first kappa shape index (κ1) is 34.1. The molecule has 1 heterocycles. The Morgan fingerprint density at radius 1 is 0.848 bits per heavy atom. The van der Waals surface area contributed by atoms with Crippen LogP contribution in [0.3, 0.4) is 0 Å². The first-order chi connectivity index (χ1) is 21.7. The normalized spacial score (nSPS) is 47.6. The zero-order valence-electron chi connectivity index (χ0n) is 29.9. The van der Waals surface area contributed by atoms with Gasteiger partial charge in [0.25, 0.3) is 0 Å². The Labute approximate surface area is 278 Å². The van der Waals surface area contributed by atoms with E-state index in [0.717, 1.165) is 57.5 Å². The predicted octanol–water partition coefficient (Wildman–Crippen LogP) is 8.65. The average molecular weight is 640 g/mol. The number of carbonyl (C=O) groups excluding carboxylic acids is 2. The summed E-state index contributed by atoms with van der Waals surface area (Å²) in [6.45, 7) is 21.7. The number of hydrogen-bond donors (Lipinski definition) is 0. The summed E-state index contributed by atoms with van der Waals surface area (Å²) in [5, 5.41) is 4.40. The van der Waals surface area contributed by atoms with Crippen molar-refractivity contribution < 1.29 is 28.6 Å². The van der Waals surface area contributed by atoms with Crippen LogP contribution in [0.4, 0.5) is 0 Å². The number of rotatable bonds is 7. The molecule has 0 bridgehead atoms. The van der Waals surface area contributed by atoms with E-state index in [2.05, 4.69) is 46.4 Å². The molecule has 0 N–H and O–H groups in total. The Hall–Kier alpha value is -1.73. The van der Waals surface area contributed by atoms with E-state index in [9.17, 15) is 9.59 Å². The number of ether oxygens (including phenoxy) is 3. The lowest BCUT2D eigenvalue weighted by molar-refractivity contribution is -0.244. The summed E-state index contributed by atoms with van der Waals surface area (Å²) >= 11 is 0. The van der Waals surface area contributed by atoms with Gasteiger partial charge in [0.15, 0.2) is 6.29 Å². The fourth-order valence-electron chi connectivity index (χ4n) is 13.0. The van der Waals surface area contributed by atoms with Crippen LogP contribution in [0.25, 0.3) is 0 Å². The van der Waals surface area contributed by atoms with Crippen molar-refractivity contribution in [1.82, 2.24) is 0 Å². The van der Waals surface area contributed by atoms with Crippen LogP contribution in [0, 0.1) is 56.7 Å². The van der Waals surface area contributed by atoms with Crippen molar-refractivity contribution in [1.29, 1.82) is 0 Å². The largest absolute Gasteiger partial charge is 0.465 e. The standard InChI is InChI=1S/C39H61NO6/c1-25(2)28-14-19-39(24-45-33-11-9-10-22-43-33)21-20-37(7)29(34(28)39)12-13-31-35(5)17-16-32(40-46-27(4)42)36(6,23-44-26(3)41)30(35)15-18-38(31,37)8/h28-31,33-34H,1,9-24H2,2-8H3/t28-,29+,30+,31+,33?,34+,35-,36?,37+,38+,39+/m0/s1. The van der Waals surface area contributed by atoms with Gasteiger partial charge < -0.3 is 19.0 Å². The van der Waals surface area contributed by atoms with E-state index in [4.69, 9.17) is 19.0 Å². The molecule has 258 valence electrons. The molecule has 5 saturated carbocycles. The second kappa shape index (κ2) is 12.3. The van der Waals surface area contributed by atoms with Gasteiger partial charge in [-0.25, -0.2) is 4.79 Å². The van der Waals surface area contributed by atoms with E-state index < -0.39 is 11.4 Å². The van der Waals surface area contributed by atoms with Crippen LogP contribution in [0.15, 0.2) is 17.3 Å². The highest BCUT2D eigenvalue weighted by atomic mass is 16.7. The Morgan fingerprint density at radius 3 is 2.30 bits per heavy atom. The topological polar surface area (TPSA) is 83.4 Å². The maximum absolute atomic E-state index is 12.1. The predicted molar refractivity (Wildman–Crippen MR) is 179 cm³/mol. The van der Waals surface area contributed by atoms with Gasteiger partial charge in [-0.05, 0) is 142 Å². The van der Waals surface area contributed by atoms with Crippen molar-refractivity contribution in [3.05, 3.63) is 12.2 Å². The van der Waals surface area contributed by atoms with Gasteiger partial charge in [-0.3, -0.25) is 4.79 Å². The summed E-state index contributed by atoms with van der Waals surface area (Å²) in [4.78, 5) is 29.1. The smallest absolute Gasteiger partial charge is 0.331 e. The molecule has 6 fully saturated rings. The fourth-order valence-corrected chi connectivity index (χ4v) is 13.0.